The fraction of sp³-hybridized carbons (Fsp3) is 0.429. The van der Waals surface area contributed by atoms with Crippen LogP contribution < -0.4 is 5.14 Å². The predicted molar refractivity (Wildman–Crippen MR) is 95.0 cm³/mol. The van der Waals surface area contributed by atoms with Gasteiger partial charge in [0, 0.05) is 30.9 Å². The first-order valence-corrected chi connectivity index (χ1v) is 11.3. The second kappa shape index (κ2) is 6.82. The maximum atomic E-state index is 13.0. The van der Waals surface area contributed by atoms with Crippen molar-refractivity contribution in [2.75, 3.05) is 39.4 Å². The van der Waals surface area contributed by atoms with E-state index in [1.165, 1.54) is 16.4 Å². The van der Waals surface area contributed by atoms with Crippen molar-refractivity contribution in [3.63, 3.8) is 0 Å². The number of nitrogens with zero attached hydrogens (tertiary/aromatic N) is 2. The SMILES string of the molecule is C=CCN1C(CN2CCOCC2)=Cc2cc(S(N)(=O)=O)sc2S1(=O)=O. The van der Waals surface area contributed by atoms with Gasteiger partial charge in [0.1, 0.15) is 8.42 Å². The van der Waals surface area contributed by atoms with Crippen LogP contribution >= 0.6 is 11.3 Å². The number of fused-ring (bicyclic) bond motifs is 1. The van der Waals surface area contributed by atoms with E-state index >= 15 is 0 Å². The molecule has 8 nitrogen and oxygen atoms in total. The fourth-order valence-electron chi connectivity index (χ4n) is 2.76. The van der Waals surface area contributed by atoms with Gasteiger partial charge in [0.2, 0.25) is 10.0 Å². The number of ether oxygens (including phenoxy) is 1. The predicted octanol–water partition coefficient (Wildman–Crippen LogP) is 0.259. The maximum Gasteiger partial charge on any atom is 0.274 e. The van der Waals surface area contributed by atoms with E-state index in [9.17, 15) is 16.8 Å². The Morgan fingerprint density at radius 3 is 2.64 bits per heavy atom. The molecule has 1 aromatic heterocycles. The van der Waals surface area contributed by atoms with Gasteiger partial charge in [-0.15, -0.1) is 17.9 Å². The molecule has 11 heteroatoms. The lowest BCUT2D eigenvalue weighted by molar-refractivity contribution is 0.0407. The number of nitrogens with two attached hydrogens (primary N) is 1. The smallest absolute Gasteiger partial charge is 0.274 e. The summed E-state index contributed by atoms with van der Waals surface area (Å²) >= 11 is 0.672. The third kappa shape index (κ3) is 3.66. The zero-order valence-corrected chi connectivity index (χ0v) is 15.9. The van der Waals surface area contributed by atoms with Gasteiger partial charge in [0.25, 0.3) is 10.0 Å². The molecule has 1 saturated heterocycles. The minimum Gasteiger partial charge on any atom is -0.379 e. The topological polar surface area (TPSA) is 110 Å². The molecule has 0 atom stereocenters. The standard InChI is InChI=1S/C14H19N3O5S3/c1-2-3-17-12(10-16-4-6-22-7-5-16)8-11-9-13(24(15,18)19)23-14(11)25(17,20)21/h2,8-9H,1,3-7,10H2,(H2,15,18,19). The van der Waals surface area contributed by atoms with Crippen LogP contribution in [0.25, 0.3) is 6.08 Å². The average molecular weight is 406 g/mol. The highest BCUT2D eigenvalue weighted by Crippen LogP contribution is 2.38. The summed E-state index contributed by atoms with van der Waals surface area (Å²) in [6.07, 6.45) is 3.21. The molecule has 0 amide bonds. The molecule has 2 N–H and O–H groups in total. The number of hydrogen-bond donors (Lipinski definition) is 1. The van der Waals surface area contributed by atoms with E-state index < -0.39 is 20.0 Å². The molecule has 0 aromatic carbocycles. The second-order valence-corrected chi connectivity index (χ2v) is 10.6. The van der Waals surface area contributed by atoms with Crippen LogP contribution in [0.15, 0.2) is 32.8 Å². The number of primary sulfonamides is 1. The Hall–Kier alpha value is -1.24. The van der Waals surface area contributed by atoms with Crippen LogP contribution in [-0.4, -0.2) is 65.4 Å². The lowest BCUT2D eigenvalue weighted by Crippen LogP contribution is -2.42. The summed E-state index contributed by atoms with van der Waals surface area (Å²) in [6, 6.07) is 1.32. The van der Waals surface area contributed by atoms with E-state index in [2.05, 4.69) is 11.5 Å². The summed E-state index contributed by atoms with van der Waals surface area (Å²) in [5.74, 6) is 0. The van der Waals surface area contributed by atoms with Gasteiger partial charge in [-0.1, -0.05) is 6.08 Å². The van der Waals surface area contributed by atoms with Gasteiger partial charge in [-0.05, 0) is 12.1 Å². The van der Waals surface area contributed by atoms with Gasteiger partial charge in [-0.2, -0.15) is 0 Å². The Labute approximate surface area is 151 Å². The Kier molecular flexibility index (Phi) is 5.06. The summed E-state index contributed by atoms with van der Waals surface area (Å²) < 4.78 is 55.5. The highest BCUT2D eigenvalue weighted by atomic mass is 32.3. The number of morpholine rings is 1. The van der Waals surface area contributed by atoms with E-state index in [1.54, 1.807) is 6.08 Å². The minimum absolute atomic E-state index is 0.0101. The molecule has 25 heavy (non-hydrogen) atoms. The number of thiophene rings is 1. The lowest BCUT2D eigenvalue weighted by Gasteiger charge is -2.34. The van der Waals surface area contributed by atoms with Crippen molar-refractivity contribution in [3.05, 3.63) is 30.0 Å². The first-order valence-electron chi connectivity index (χ1n) is 7.54. The number of sulfonamides is 2. The Balaban J connectivity index is 2.05. The first-order chi connectivity index (χ1) is 11.7. The van der Waals surface area contributed by atoms with Gasteiger partial charge in [-0.3, -0.25) is 9.21 Å². The van der Waals surface area contributed by atoms with Gasteiger partial charge in [0.15, 0.2) is 0 Å². The minimum atomic E-state index is -3.96. The van der Waals surface area contributed by atoms with E-state index in [0.717, 1.165) is 0 Å². The molecule has 138 valence electrons. The van der Waals surface area contributed by atoms with Crippen molar-refractivity contribution in [3.8, 4) is 0 Å². The van der Waals surface area contributed by atoms with Crippen LogP contribution in [0.1, 0.15) is 5.56 Å². The van der Waals surface area contributed by atoms with E-state index in [1.807, 2.05) is 0 Å². The zero-order valence-electron chi connectivity index (χ0n) is 13.4. The molecule has 2 aliphatic rings. The van der Waals surface area contributed by atoms with Crippen LogP contribution in [0, 0.1) is 0 Å². The van der Waals surface area contributed by atoms with Gasteiger partial charge in [0.05, 0.1) is 19.8 Å². The molecule has 0 saturated carbocycles. The van der Waals surface area contributed by atoms with Gasteiger partial charge < -0.3 is 4.74 Å². The third-order valence-electron chi connectivity index (χ3n) is 3.93. The second-order valence-electron chi connectivity index (χ2n) is 5.70. The highest BCUT2D eigenvalue weighted by Gasteiger charge is 2.36. The summed E-state index contributed by atoms with van der Waals surface area (Å²) in [5.41, 5.74) is 0.936. The molecule has 2 aliphatic heterocycles. The van der Waals surface area contributed by atoms with Crippen molar-refractivity contribution in [2.24, 2.45) is 5.14 Å². The van der Waals surface area contributed by atoms with Crippen LogP contribution in [0.3, 0.4) is 0 Å². The molecule has 0 unspecified atom stereocenters. The molecule has 0 radical (unpaired) electrons. The molecular weight excluding hydrogens is 386 g/mol. The van der Waals surface area contributed by atoms with Crippen LogP contribution in [0.5, 0.6) is 0 Å². The summed E-state index contributed by atoms with van der Waals surface area (Å²) in [5, 5.41) is 5.15. The van der Waals surface area contributed by atoms with Crippen molar-refractivity contribution in [2.45, 2.75) is 8.42 Å². The molecule has 0 spiro atoms. The van der Waals surface area contributed by atoms with Crippen LogP contribution in [0.4, 0.5) is 0 Å². The Morgan fingerprint density at radius 2 is 2.04 bits per heavy atom. The van der Waals surface area contributed by atoms with Crippen molar-refractivity contribution < 1.29 is 21.6 Å². The lowest BCUT2D eigenvalue weighted by atomic mass is 10.2. The first kappa shape index (κ1) is 18.5. The molecule has 1 fully saturated rings. The zero-order chi connectivity index (χ0) is 18.2. The summed E-state index contributed by atoms with van der Waals surface area (Å²) in [4.78, 5) is 2.10. The number of rotatable bonds is 5. The van der Waals surface area contributed by atoms with Crippen LogP contribution in [0.2, 0.25) is 0 Å². The Morgan fingerprint density at radius 1 is 1.36 bits per heavy atom. The van der Waals surface area contributed by atoms with E-state index in [-0.39, 0.29) is 15.0 Å². The fourth-order valence-corrected chi connectivity index (χ4v) is 6.83. The largest absolute Gasteiger partial charge is 0.379 e. The molecular formula is C14H19N3O5S3. The normalized spacial score (nSPS) is 20.8. The van der Waals surface area contributed by atoms with Gasteiger partial charge in [-0.25, -0.2) is 22.0 Å². The van der Waals surface area contributed by atoms with Crippen molar-refractivity contribution in [1.29, 1.82) is 0 Å². The summed E-state index contributed by atoms with van der Waals surface area (Å²) in [6.45, 7) is 6.77. The molecule has 1 aromatic rings. The molecule has 3 heterocycles. The maximum absolute atomic E-state index is 13.0. The van der Waals surface area contributed by atoms with Crippen molar-refractivity contribution in [1.82, 2.24) is 9.21 Å². The van der Waals surface area contributed by atoms with E-state index in [0.29, 0.717) is 55.4 Å². The van der Waals surface area contributed by atoms with Crippen LogP contribution in [-0.2, 0) is 24.8 Å². The number of hydrogen-bond acceptors (Lipinski definition) is 7. The van der Waals surface area contributed by atoms with Gasteiger partial charge >= 0.3 is 0 Å². The summed E-state index contributed by atoms with van der Waals surface area (Å²) in [7, 11) is -7.81. The molecule has 3 rings (SSSR count). The molecule has 0 bridgehead atoms. The van der Waals surface area contributed by atoms with E-state index in [4.69, 9.17) is 9.88 Å². The average Bonchev–Trinajstić information content (AvgIpc) is 2.97. The quantitative estimate of drug-likeness (QED) is 0.704. The van der Waals surface area contributed by atoms with Crippen molar-refractivity contribution >= 4 is 37.5 Å². The molecule has 0 aliphatic carbocycles. The Bertz CT molecular complexity index is 912. The highest BCUT2D eigenvalue weighted by molar-refractivity contribution is 7.94. The third-order valence-corrected chi connectivity index (χ3v) is 8.85. The monoisotopic (exact) mass is 405 g/mol.